The van der Waals surface area contributed by atoms with Crippen molar-refractivity contribution in [3.63, 3.8) is 0 Å². The van der Waals surface area contributed by atoms with Gasteiger partial charge >= 0.3 is 0 Å². The predicted molar refractivity (Wildman–Crippen MR) is 99.8 cm³/mol. The molecular formula is C19H22BrNO3. The minimum Gasteiger partial charge on any atom is -0.494 e. The molecule has 0 saturated carbocycles. The predicted octanol–water partition coefficient (Wildman–Crippen LogP) is 4.95. The zero-order chi connectivity index (χ0) is 17.4. The highest BCUT2D eigenvalue weighted by Gasteiger charge is 2.06. The molecule has 0 aliphatic carbocycles. The Labute approximate surface area is 151 Å². The highest BCUT2D eigenvalue weighted by atomic mass is 79.9. The lowest BCUT2D eigenvalue weighted by Crippen LogP contribution is -2.20. The summed E-state index contributed by atoms with van der Waals surface area (Å²) >= 11 is 3.44. The van der Waals surface area contributed by atoms with Crippen LogP contribution in [0.25, 0.3) is 0 Å². The number of carbonyl (C=O) groups excluding carboxylic acids is 1. The van der Waals surface area contributed by atoms with Crippen LogP contribution in [0.15, 0.2) is 46.9 Å². The second-order valence-corrected chi connectivity index (χ2v) is 6.33. The van der Waals surface area contributed by atoms with E-state index in [1.54, 1.807) is 0 Å². The molecule has 0 radical (unpaired) electrons. The van der Waals surface area contributed by atoms with Crippen molar-refractivity contribution in [2.24, 2.45) is 0 Å². The van der Waals surface area contributed by atoms with Crippen molar-refractivity contribution in [2.75, 3.05) is 18.5 Å². The topological polar surface area (TPSA) is 47.6 Å². The van der Waals surface area contributed by atoms with Crippen molar-refractivity contribution in [2.45, 2.75) is 26.7 Å². The summed E-state index contributed by atoms with van der Waals surface area (Å²) in [6, 6.07) is 13.0. The molecule has 2 aromatic rings. The Balaban J connectivity index is 1.85. The Morgan fingerprint density at radius 1 is 1.12 bits per heavy atom. The second-order valence-electron chi connectivity index (χ2n) is 5.48. The van der Waals surface area contributed by atoms with Gasteiger partial charge in [-0.2, -0.15) is 0 Å². The van der Waals surface area contributed by atoms with Gasteiger partial charge in [0.25, 0.3) is 5.91 Å². The molecule has 0 aliphatic rings. The summed E-state index contributed by atoms with van der Waals surface area (Å²) in [6.45, 7) is 4.73. The van der Waals surface area contributed by atoms with Crippen molar-refractivity contribution >= 4 is 27.5 Å². The molecule has 4 nitrogen and oxygen atoms in total. The van der Waals surface area contributed by atoms with E-state index in [9.17, 15) is 4.79 Å². The summed E-state index contributed by atoms with van der Waals surface area (Å²) < 4.78 is 12.2. The molecule has 24 heavy (non-hydrogen) atoms. The molecule has 0 heterocycles. The van der Waals surface area contributed by atoms with Gasteiger partial charge in [-0.15, -0.1) is 0 Å². The average Bonchev–Trinajstić information content (AvgIpc) is 2.57. The number of nitrogens with one attached hydrogen (secondary N) is 1. The lowest BCUT2D eigenvalue weighted by atomic mass is 10.2. The fourth-order valence-corrected chi connectivity index (χ4v) is 2.30. The highest BCUT2D eigenvalue weighted by molar-refractivity contribution is 9.10. The zero-order valence-corrected chi connectivity index (χ0v) is 15.6. The Morgan fingerprint density at radius 2 is 1.92 bits per heavy atom. The van der Waals surface area contributed by atoms with E-state index in [2.05, 4.69) is 28.2 Å². The van der Waals surface area contributed by atoms with Gasteiger partial charge in [-0.05, 0) is 49.2 Å². The minimum atomic E-state index is -0.207. The Morgan fingerprint density at radius 3 is 2.67 bits per heavy atom. The smallest absolute Gasteiger partial charge is 0.262 e. The van der Waals surface area contributed by atoms with E-state index < -0.39 is 0 Å². The molecule has 0 unspecified atom stereocenters. The largest absolute Gasteiger partial charge is 0.494 e. The molecule has 0 aromatic heterocycles. The number of carbonyl (C=O) groups is 1. The SMILES string of the molecule is CCCCOc1cccc(NC(=O)COc2ccc(Br)c(C)c2)c1. The van der Waals surface area contributed by atoms with Gasteiger partial charge in [0.15, 0.2) is 6.61 Å². The number of hydrogen-bond donors (Lipinski definition) is 1. The van der Waals surface area contributed by atoms with Crippen molar-refractivity contribution in [1.29, 1.82) is 0 Å². The molecule has 2 rings (SSSR count). The molecule has 0 aliphatic heterocycles. The van der Waals surface area contributed by atoms with Crippen LogP contribution in [-0.4, -0.2) is 19.1 Å². The maximum Gasteiger partial charge on any atom is 0.262 e. The highest BCUT2D eigenvalue weighted by Crippen LogP contribution is 2.22. The number of anilines is 1. The molecule has 0 saturated heterocycles. The maximum absolute atomic E-state index is 12.0. The van der Waals surface area contributed by atoms with Gasteiger partial charge in [-0.3, -0.25) is 4.79 Å². The zero-order valence-electron chi connectivity index (χ0n) is 14.0. The van der Waals surface area contributed by atoms with Gasteiger partial charge in [0.1, 0.15) is 11.5 Å². The first-order chi connectivity index (χ1) is 11.6. The number of halogens is 1. The maximum atomic E-state index is 12.0. The van der Waals surface area contributed by atoms with Crippen LogP contribution in [0.4, 0.5) is 5.69 Å². The van der Waals surface area contributed by atoms with Gasteiger partial charge in [-0.25, -0.2) is 0 Å². The van der Waals surface area contributed by atoms with E-state index in [0.29, 0.717) is 18.0 Å². The average molecular weight is 392 g/mol. The third-order valence-corrected chi connectivity index (χ3v) is 4.27. The first-order valence-electron chi connectivity index (χ1n) is 8.00. The first kappa shape index (κ1) is 18.3. The third kappa shape index (κ3) is 5.89. The van der Waals surface area contributed by atoms with Gasteiger partial charge in [0, 0.05) is 16.2 Å². The van der Waals surface area contributed by atoms with Gasteiger partial charge in [-0.1, -0.05) is 35.3 Å². The fourth-order valence-electron chi connectivity index (χ4n) is 2.05. The molecule has 5 heteroatoms. The number of hydrogen-bond acceptors (Lipinski definition) is 3. The molecule has 1 amide bonds. The van der Waals surface area contributed by atoms with Crippen molar-refractivity contribution in [3.8, 4) is 11.5 Å². The van der Waals surface area contributed by atoms with Gasteiger partial charge in [0.05, 0.1) is 6.61 Å². The van der Waals surface area contributed by atoms with Crippen LogP contribution in [0, 0.1) is 6.92 Å². The monoisotopic (exact) mass is 391 g/mol. The van der Waals surface area contributed by atoms with Crippen LogP contribution < -0.4 is 14.8 Å². The van der Waals surface area contributed by atoms with Crippen molar-refractivity contribution in [1.82, 2.24) is 0 Å². The van der Waals surface area contributed by atoms with E-state index in [1.807, 2.05) is 49.4 Å². The number of unbranched alkanes of at least 4 members (excludes halogenated alkanes) is 1. The van der Waals surface area contributed by atoms with Crippen LogP contribution in [-0.2, 0) is 4.79 Å². The second kappa shape index (κ2) is 9.33. The summed E-state index contributed by atoms with van der Waals surface area (Å²) in [6.07, 6.45) is 2.10. The summed E-state index contributed by atoms with van der Waals surface area (Å²) in [5, 5.41) is 2.82. The lowest BCUT2D eigenvalue weighted by Gasteiger charge is -2.10. The van der Waals surface area contributed by atoms with E-state index >= 15 is 0 Å². The molecule has 1 N–H and O–H groups in total. The number of rotatable bonds is 8. The summed E-state index contributed by atoms with van der Waals surface area (Å²) in [7, 11) is 0. The minimum absolute atomic E-state index is 0.0397. The number of aryl methyl sites for hydroxylation is 1. The number of ether oxygens (including phenoxy) is 2. The summed E-state index contributed by atoms with van der Waals surface area (Å²) in [4.78, 5) is 12.0. The standard InChI is InChI=1S/C19H22BrNO3/c1-3-4-10-23-16-7-5-6-15(12-16)21-19(22)13-24-17-8-9-18(20)14(2)11-17/h5-9,11-12H,3-4,10,13H2,1-2H3,(H,21,22). The van der Waals surface area contributed by atoms with E-state index in [0.717, 1.165) is 28.6 Å². The Bertz CT molecular complexity index is 688. The van der Waals surface area contributed by atoms with E-state index in [1.165, 1.54) is 0 Å². The van der Waals surface area contributed by atoms with Crippen LogP contribution in [0.1, 0.15) is 25.3 Å². The molecule has 0 bridgehead atoms. The molecule has 128 valence electrons. The number of benzene rings is 2. The fraction of sp³-hybridized carbons (Fsp3) is 0.316. The van der Waals surface area contributed by atoms with Crippen LogP contribution in [0.5, 0.6) is 11.5 Å². The summed E-state index contributed by atoms with van der Waals surface area (Å²) in [5.41, 5.74) is 1.76. The van der Waals surface area contributed by atoms with Gasteiger partial charge in [0.2, 0.25) is 0 Å². The first-order valence-corrected chi connectivity index (χ1v) is 8.79. The normalized spacial score (nSPS) is 10.3. The Kier molecular flexibility index (Phi) is 7.12. The van der Waals surface area contributed by atoms with Gasteiger partial charge < -0.3 is 14.8 Å². The molecule has 0 atom stereocenters. The summed E-state index contributed by atoms with van der Waals surface area (Å²) in [5.74, 6) is 1.22. The number of amides is 1. The van der Waals surface area contributed by atoms with Crippen molar-refractivity contribution < 1.29 is 14.3 Å². The quantitative estimate of drug-likeness (QED) is 0.647. The lowest BCUT2D eigenvalue weighted by molar-refractivity contribution is -0.118. The third-order valence-electron chi connectivity index (χ3n) is 3.38. The van der Waals surface area contributed by atoms with Crippen molar-refractivity contribution in [3.05, 3.63) is 52.5 Å². The van der Waals surface area contributed by atoms with E-state index in [-0.39, 0.29) is 12.5 Å². The van der Waals surface area contributed by atoms with Crippen LogP contribution in [0.3, 0.4) is 0 Å². The molecule has 0 fully saturated rings. The Hall–Kier alpha value is -2.01. The van der Waals surface area contributed by atoms with E-state index in [4.69, 9.17) is 9.47 Å². The molecule has 2 aromatic carbocycles. The van der Waals surface area contributed by atoms with Crippen LogP contribution in [0.2, 0.25) is 0 Å². The molecule has 0 spiro atoms. The molecular weight excluding hydrogens is 370 g/mol. The van der Waals surface area contributed by atoms with Crippen LogP contribution >= 0.6 is 15.9 Å².